The molecule has 22 heavy (non-hydrogen) atoms. The van der Waals surface area contributed by atoms with Gasteiger partial charge in [-0.3, -0.25) is 0 Å². The van der Waals surface area contributed by atoms with Crippen LogP contribution in [0.3, 0.4) is 0 Å². The molecule has 1 aromatic carbocycles. The summed E-state index contributed by atoms with van der Waals surface area (Å²) in [5.74, 6) is -0.480. The van der Waals surface area contributed by atoms with Crippen LogP contribution in [0.5, 0.6) is 0 Å². The second-order valence-electron chi connectivity index (χ2n) is 5.45. The van der Waals surface area contributed by atoms with Crippen molar-refractivity contribution in [1.82, 2.24) is 10.6 Å². The number of benzene rings is 1. The zero-order valence-electron chi connectivity index (χ0n) is 12.6. The van der Waals surface area contributed by atoms with E-state index in [2.05, 4.69) is 10.6 Å². The number of hydrogen-bond acceptors (Lipinski definition) is 3. The van der Waals surface area contributed by atoms with Crippen LogP contribution in [0.25, 0.3) is 0 Å². The van der Waals surface area contributed by atoms with Crippen LogP contribution >= 0.6 is 0 Å². The molecule has 0 aromatic heterocycles. The zero-order chi connectivity index (χ0) is 15.8. The van der Waals surface area contributed by atoms with Gasteiger partial charge in [0.1, 0.15) is 5.82 Å². The van der Waals surface area contributed by atoms with Gasteiger partial charge in [0.2, 0.25) is 0 Å². The first-order chi connectivity index (χ1) is 10.7. The SMILES string of the molecule is O=C(NCCC1CCCCO1)NCC(O)c1ccccc1F. The lowest BCUT2D eigenvalue weighted by Crippen LogP contribution is -2.39. The standard InChI is InChI=1S/C16H23FN2O3/c17-14-7-2-1-6-13(14)15(20)11-19-16(21)18-9-8-12-5-3-4-10-22-12/h1-2,6-7,12,15,20H,3-5,8-11H2,(H2,18,19,21). The Morgan fingerprint density at radius 1 is 1.36 bits per heavy atom. The number of carbonyl (C=O) groups is 1. The topological polar surface area (TPSA) is 70.6 Å². The normalized spacial score (nSPS) is 19.5. The fourth-order valence-corrected chi connectivity index (χ4v) is 2.49. The largest absolute Gasteiger partial charge is 0.386 e. The fraction of sp³-hybridized carbons (Fsp3) is 0.562. The summed E-state index contributed by atoms with van der Waals surface area (Å²) < 4.78 is 19.0. The molecule has 1 aliphatic rings. The van der Waals surface area contributed by atoms with Gasteiger partial charge in [-0.2, -0.15) is 0 Å². The molecule has 122 valence electrons. The lowest BCUT2D eigenvalue weighted by atomic mass is 10.1. The average Bonchev–Trinajstić information content (AvgIpc) is 2.54. The maximum absolute atomic E-state index is 13.5. The van der Waals surface area contributed by atoms with E-state index in [1.165, 1.54) is 18.6 Å². The highest BCUT2D eigenvalue weighted by Gasteiger charge is 2.15. The number of amides is 2. The number of aliphatic hydroxyl groups is 1. The summed E-state index contributed by atoms with van der Waals surface area (Å²) in [4.78, 5) is 11.6. The van der Waals surface area contributed by atoms with Crippen molar-refractivity contribution in [2.45, 2.75) is 37.9 Å². The van der Waals surface area contributed by atoms with Crippen molar-refractivity contribution in [1.29, 1.82) is 0 Å². The molecular formula is C16H23FN2O3. The van der Waals surface area contributed by atoms with Gasteiger partial charge in [0.15, 0.2) is 0 Å². The Morgan fingerprint density at radius 2 is 2.18 bits per heavy atom. The number of rotatable bonds is 6. The molecule has 1 heterocycles. The molecule has 2 atom stereocenters. The molecule has 6 heteroatoms. The maximum atomic E-state index is 13.5. The van der Waals surface area contributed by atoms with Crippen LogP contribution in [0, 0.1) is 5.82 Å². The van der Waals surface area contributed by atoms with Crippen LogP contribution in [0.1, 0.15) is 37.4 Å². The van der Waals surface area contributed by atoms with E-state index in [1.807, 2.05) is 0 Å². The number of urea groups is 1. The number of nitrogens with one attached hydrogen (secondary N) is 2. The molecular weight excluding hydrogens is 287 g/mol. The molecule has 1 fully saturated rings. The van der Waals surface area contributed by atoms with Gasteiger partial charge in [-0.05, 0) is 31.7 Å². The molecule has 3 N–H and O–H groups in total. The van der Waals surface area contributed by atoms with E-state index in [0.717, 1.165) is 25.9 Å². The number of halogens is 1. The van der Waals surface area contributed by atoms with Gasteiger partial charge in [0.05, 0.1) is 12.2 Å². The Morgan fingerprint density at radius 3 is 2.91 bits per heavy atom. The third kappa shape index (κ3) is 5.27. The Balaban J connectivity index is 1.63. The zero-order valence-corrected chi connectivity index (χ0v) is 12.6. The molecule has 0 aliphatic carbocycles. The predicted molar refractivity (Wildman–Crippen MR) is 81.0 cm³/mol. The molecule has 0 radical (unpaired) electrons. The van der Waals surface area contributed by atoms with E-state index in [1.54, 1.807) is 12.1 Å². The third-order valence-electron chi connectivity index (χ3n) is 3.75. The highest BCUT2D eigenvalue weighted by atomic mass is 19.1. The Hall–Kier alpha value is -1.66. The summed E-state index contributed by atoms with van der Waals surface area (Å²) >= 11 is 0. The Bertz CT molecular complexity index is 478. The number of aliphatic hydroxyl groups excluding tert-OH is 1. The van der Waals surface area contributed by atoms with Crippen molar-refractivity contribution >= 4 is 6.03 Å². The molecule has 2 rings (SSSR count). The molecule has 2 unspecified atom stereocenters. The maximum Gasteiger partial charge on any atom is 0.314 e. The molecule has 1 aromatic rings. The van der Waals surface area contributed by atoms with Crippen molar-refractivity contribution < 1.29 is 19.0 Å². The number of carbonyl (C=O) groups excluding carboxylic acids is 1. The predicted octanol–water partition coefficient (Wildman–Crippen LogP) is 2.12. The van der Waals surface area contributed by atoms with Gasteiger partial charge in [0.25, 0.3) is 0 Å². The van der Waals surface area contributed by atoms with Crippen molar-refractivity contribution in [3.8, 4) is 0 Å². The molecule has 2 amide bonds. The minimum absolute atomic E-state index is 0.0350. The monoisotopic (exact) mass is 310 g/mol. The van der Waals surface area contributed by atoms with Crippen LogP contribution in [0.15, 0.2) is 24.3 Å². The summed E-state index contributed by atoms with van der Waals surface area (Å²) in [7, 11) is 0. The quantitative estimate of drug-likeness (QED) is 0.754. The first-order valence-corrected chi connectivity index (χ1v) is 7.72. The summed E-state index contributed by atoms with van der Waals surface area (Å²) in [5.41, 5.74) is 0.179. The van der Waals surface area contributed by atoms with Crippen LogP contribution in [0.2, 0.25) is 0 Å². The lowest BCUT2D eigenvalue weighted by molar-refractivity contribution is 0.0120. The molecule has 1 saturated heterocycles. The molecule has 0 bridgehead atoms. The first-order valence-electron chi connectivity index (χ1n) is 7.72. The van der Waals surface area contributed by atoms with E-state index in [9.17, 15) is 14.3 Å². The molecule has 1 aliphatic heterocycles. The number of hydrogen-bond donors (Lipinski definition) is 3. The van der Waals surface area contributed by atoms with Gasteiger partial charge in [-0.25, -0.2) is 9.18 Å². The van der Waals surface area contributed by atoms with Gasteiger partial charge >= 0.3 is 6.03 Å². The third-order valence-corrected chi connectivity index (χ3v) is 3.75. The smallest absolute Gasteiger partial charge is 0.314 e. The summed E-state index contributed by atoms with van der Waals surface area (Å²) in [6.45, 7) is 1.28. The Labute approximate surface area is 129 Å². The second kappa shape index (κ2) is 8.70. The average molecular weight is 310 g/mol. The van der Waals surface area contributed by atoms with Crippen LogP contribution in [-0.4, -0.2) is 36.9 Å². The lowest BCUT2D eigenvalue weighted by Gasteiger charge is -2.22. The first kappa shape index (κ1) is 16.7. The fourth-order valence-electron chi connectivity index (χ4n) is 2.49. The summed E-state index contributed by atoms with van der Waals surface area (Å²) in [6, 6.07) is 5.61. The van der Waals surface area contributed by atoms with E-state index in [4.69, 9.17) is 4.74 Å². The van der Waals surface area contributed by atoms with Crippen molar-refractivity contribution in [3.63, 3.8) is 0 Å². The van der Waals surface area contributed by atoms with Gasteiger partial charge in [0, 0.05) is 25.3 Å². The highest BCUT2D eigenvalue weighted by Crippen LogP contribution is 2.16. The van der Waals surface area contributed by atoms with E-state index in [-0.39, 0.29) is 24.2 Å². The van der Waals surface area contributed by atoms with Gasteiger partial charge < -0.3 is 20.5 Å². The van der Waals surface area contributed by atoms with Crippen molar-refractivity contribution in [2.24, 2.45) is 0 Å². The van der Waals surface area contributed by atoms with E-state index >= 15 is 0 Å². The van der Waals surface area contributed by atoms with Crippen molar-refractivity contribution in [2.75, 3.05) is 19.7 Å². The van der Waals surface area contributed by atoms with Crippen molar-refractivity contribution in [3.05, 3.63) is 35.6 Å². The van der Waals surface area contributed by atoms with E-state index in [0.29, 0.717) is 6.54 Å². The molecule has 0 spiro atoms. The number of ether oxygens (including phenoxy) is 1. The summed E-state index contributed by atoms with van der Waals surface area (Å²) in [6.07, 6.45) is 3.26. The highest BCUT2D eigenvalue weighted by molar-refractivity contribution is 5.73. The van der Waals surface area contributed by atoms with Gasteiger partial charge in [-0.1, -0.05) is 18.2 Å². The second-order valence-corrected chi connectivity index (χ2v) is 5.45. The van der Waals surface area contributed by atoms with Crippen LogP contribution in [0.4, 0.5) is 9.18 Å². The Kier molecular flexibility index (Phi) is 6.61. The van der Waals surface area contributed by atoms with Crippen LogP contribution < -0.4 is 10.6 Å². The van der Waals surface area contributed by atoms with Crippen LogP contribution in [-0.2, 0) is 4.74 Å². The minimum atomic E-state index is -1.06. The summed E-state index contributed by atoms with van der Waals surface area (Å²) in [5, 5.41) is 15.1. The van der Waals surface area contributed by atoms with E-state index < -0.39 is 11.9 Å². The molecule has 5 nitrogen and oxygen atoms in total. The van der Waals surface area contributed by atoms with Gasteiger partial charge in [-0.15, -0.1) is 0 Å². The molecule has 0 saturated carbocycles. The minimum Gasteiger partial charge on any atom is -0.386 e.